The van der Waals surface area contributed by atoms with Crippen LogP contribution in [0.5, 0.6) is 0 Å². The summed E-state index contributed by atoms with van der Waals surface area (Å²) in [5, 5.41) is 3.45. The number of amides is 3. The number of likely N-dealkylation sites (tertiary alicyclic amines) is 1. The molecule has 1 saturated heterocycles. The Kier molecular flexibility index (Phi) is 11.7. The molecule has 5 rings (SSSR count). The van der Waals surface area contributed by atoms with Crippen LogP contribution >= 0.6 is 11.6 Å². The van der Waals surface area contributed by atoms with E-state index >= 15 is 0 Å². The van der Waals surface area contributed by atoms with Crippen molar-refractivity contribution < 1.29 is 19.1 Å². The number of nitrogens with zero attached hydrogens (tertiary/aromatic N) is 4. The molecule has 1 N–H and O–H groups in total. The number of aryl methyl sites for hydroxylation is 2. The van der Waals surface area contributed by atoms with Crippen LogP contribution in [-0.4, -0.2) is 70.9 Å². The van der Waals surface area contributed by atoms with Gasteiger partial charge in [0.2, 0.25) is 5.90 Å². The lowest BCUT2D eigenvalue weighted by atomic mass is 10.00. The number of aromatic nitrogens is 1. The third-order valence-corrected chi connectivity index (χ3v) is 9.03. The van der Waals surface area contributed by atoms with Gasteiger partial charge in [0.25, 0.3) is 5.91 Å². The molecule has 1 aromatic carbocycles. The van der Waals surface area contributed by atoms with Crippen LogP contribution in [0.3, 0.4) is 0 Å². The Hall–Kier alpha value is -3.95. The maximum atomic E-state index is 13.7. The van der Waals surface area contributed by atoms with E-state index in [1.54, 1.807) is 19.3 Å². The number of nitrogens with one attached hydrogen (secondary N) is 1. The minimum Gasteiger partial charge on any atom is -0.488 e. The maximum absolute atomic E-state index is 13.7. The normalized spacial score (nSPS) is 18.7. The molecular weight excluding hydrogens is 602 g/mol. The van der Waals surface area contributed by atoms with Crippen LogP contribution in [0.25, 0.3) is 0 Å². The van der Waals surface area contributed by atoms with Crippen molar-refractivity contribution in [1.82, 2.24) is 20.1 Å². The summed E-state index contributed by atoms with van der Waals surface area (Å²) < 4.78 is 11.7. The molecule has 9 nitrogen and oxygen atoms in total. The van der Waals surface area contributed by atoms with Gasteiger partial charge in [-0.3, -0.25) is 4.79 Å². The summed E-state index contributed by atoms with van der Waals surface area (Å²) >= 11 is 6.03. The van der Waals surface area contributed by atoms with Gasteiger partial charge in [-0.15, -0.1) is 0 Å². The van der Waals surface area contributed by atoms with Crippen LogP contribution in [0.4, 0.5) is 4.79 Å². The summed E-state index contributed by atoms with van der Waals surface area (Å²) in [6, 6.07) is 11.8. The average molecular weight is 646 g/mol. The second-order valence-electron chi connectivity index (χ2n) is 12.3. The number of pyridine rings is 1. The molecule has 46 heavy (non-hydrogen) atoms. The van der Waals surface area contributed by atoms with E-state index in [0.29, 0.717) is 47.6 Å². The van der Waals surface area contributed by atoms with Crippen molar-refractivity contribution >= 4 is 29.4 Å². The number of halogens is 1. The summed E-state index contributed by atoms with van der Waals surface area (Å²) in [5.74, 6) is 0.836. The number of rotatable bonds is 10. The second-order valence-corrected chi connectivity index (χ2v) is 12.6. The number of urea groups is 1. The molecule has 10 heteroatoms. The highest BCUT2D eigenvalue weighted by Gasteiger charge is 2.30. The molecule has 0 saturated carbocycles. The van der Waals surface area contributed by atoms with Gasteiger partial charge in [-0.05, 0) is 70.1 Å². The Labute approximate surface area is 277 Å². The van der Waals surface area contributed by atoms with Crippen LogP contribution < -0.4 is 5.32 Å². The van der Waals surface area contributed by atoms with Gasteiger partial charge in [0.1, 0.15) is 17.2 Å². The highest BCUT2D eigenvalue weighted by atomic mass is 35.5. The Morgan fingerprint density at radius 2 is 1.98 bits per heavy atom. The number of piperidine rings is 1. The monoisotopic (exact) mass is 645 g/mol. The van der Waals surface area contributed by atoms with Gasteiger partial charge in [0.15, 0.2) is 6.61 Å². The molecule has 3 heterocycles. The Bertz CT molecular complexity index is 1490. The first-order valence-electron chi connectivity index (χ1n) is 16.2. The standard InChI is InChI=1S/C36H44ClN5O4/c1-25-20-32(37)39-27(3)34(25)35(43)38-17-14-26(2)41-18-15-30(16-19-41)42(22-29-12-8-5-9-13-29)36(44)40-33-24-45-23-31(46-33)21-28-10-6-4-7-11-28/h4-6,8-10,12-13,20,23,26,30H,7,11,14-19,21-22,24H2,1-3H3,(H,38,43). The molecule has 0 spiro atoms. The number of allylic oxidation sites excluding steroid dienone is 4. The lowest BCUT2D eigenvalue weighted by molar-refractivity contribution is 0.0914. The molecule has 2 aliphatic heterocycles. The highest BCUT2D eigenvalue weighted by Crippen LogP contribution is 2.25. The lowest BCUT2D eigenvalue weighted by Gasteiger charge is -2.40. The third-order valence-electron chi connectivity index (χ3n) is 8.84. The molecule has 3 aliphatic rings. The predicted molar refractivity (Wildman–Crippen MR) is 181 cm³/mol. The minimum atomic E-state index is -0.306. The fraction of sp³-hybridized carbons (Fsp3) is 0.444. The van der Waals surface area contributed by atoms with Crippen LogP contribution in [0.1, 0.15) is 72.6 Å². The van der Waals surface area contributed by atoms with Gasteiger partial charge >= 0.3 is 6.03 Å². The summed E-state index contributed by atoms with van der Waals surface area (Å²) in [6.07, 6.45) is 13.1. The number of hydrogen-bond acceptors (Lipinski definition) is 6. The fourth-order valence-corrected chi connectivity index (χ4v) is 6.59. The van der Waals surface area contributed by atoms with Gasteiger partial charge in [-0.2, -0.15) is 4.99 Å². The number of aliphatic imine (C=N–C) groups is 1. The zero-order chi connectivity index (χ0) is 32.5. The van der Waals surface area contributed by atoms with Crippen molar-refractivity contribution in [3.63, 3.8) is 0 Å². The highest BCUT2D eigenvalue weighted by molar-refractivity contribution is 6.29. The van der Waals surface area contributed by atoms with Crippen LogP contribution in [0.15, 0.2) is 77.2 Å². The molecule has 244 valence electrons. The number of carbonyl (C=O) groups excluding carboxylic acids is 2. The summed E-state index contributed by atoms with van der Waals surface area (Å²) in [7, 11) is 0. The van der Waals surface area contributed by atoms with Crippen molar-refractivity contribution in [2.24, 2.45) is 4.99 Å². The van der Waals surface area contributed by atoms with Crippen molar-refractivity contribution in [3.8, 4) is 0 Å². The number of carbonyl (C=O) groups is 2. The van der Waals surface area contributed by atoms with Crippen LogP contribution in [-0.2, 0) is 16.0 Å². The maximum Gasteiger partial charge on any atom is 0.347 e. The second kappa shape index (κ2) is 16.1. The zero-order valence-corrected chi connectivity index (χ0v) is 27.8. The molecule has 0 bridgehead atoms. The third kappa shape index (κ3) is 9.07. The molecule has 1 aliphatic carbocycles. The van der Waals surface area contributed by atoms with Gasteiger partial charge in [-0.1, -0.05) is 65.7 Å². The molecular formula is C36H44ClN5O4. The molecule has 1 unspecified atom stereocenters. The van der Waals surface area contributed by atoms with E-state index in [9.17, 15) is 9.59 Å². The molecule has 3 amide bonds. The molecule has 2 aromatic rings. The molecule has 1 atom stereocenters. The van der Waals surface area contributed by atoms with E-state index in [-0.39, 0.29) is 30.6 Å². The van der Waals surface area contributed by atoms with E-state index in [0.717, 1.165) is 56.3 Å². The molecule has 1 aromatic heterocycles. The molecule has 1 fully saturated rings. The summed E-state index contributed by atoms with van der Waals surface area (Å²) in [6.45, 7) is 8.74. The summed E-state index contributed by atoms with van der Waals surface area (Å²) in [5.41, 5.74) is 4.36. The molecule has 0 radical (unpaired) electrons. The Morgan fingerprint density at radius 3 is 2.70 bits per heavy atom. The van der Waals surface area contributed by atoms with E-state index in [1.807, 2.05) is 42.2 Å². The summed E-state index contributed by atoms with van der Waals surface area (Å²) in [4.78, 5) is 39.5. The lowest BCUT2D eigenvalue weighted by Crippen LogP contribution is -2.49. The first-order valence-corrected chi connectivity index (χ1v) is 16.6. The van der Waals surface area contributed by atoms with Crippen molar-refractivity contribution in [2.75, 3.05) is 26.2 Å². The Morgan fingerprint density at radius 1 is 1.20 bits per heavy atom. The largest absolute Gasteiger partial charge is 0.488 e. The first kappa shape index (κ1) is 33.4. The fourth-order valence-electron chi connectivity index (χ4n) is 6.30. The quantitative estimate of drug-likeness (QED) is 0.283. The van der Waals surface area contributed by atoms with Gasteiger partial charge < -0.3 is 24.6 Å². The van der Waals surface area contributed by atoms with E-state index in [2.05, 4.69) is 45.3 Å². The smallest absolute Gasteiger partial charge is 0.347 e. The Balaban J connectivity index is 1.16. The van der Waals surface area contributed by atoms with Crippen molar-refractivity contribution in [3.05, 3.63) is 99.8 Å². The van der Waals surface area contributed by atoms with E-state index in [1.165, 1.54) is 5.57 Å². The predicted octanol–water partition coefficient (Wildman–Crippen LogP) is 6.90. The van der Waals surface area contributed by atoms with E-state index in [4.69, 9.17) is 21.1 Å². The number of benzene rings is 1. The van der Waals surface area contributed by atoms with Gasteiger partial charge in [0, 0.05) is 44.7 Å². The van der Waals surface area contributed by atoms with Crippen molar-refractivity contribution in [2.45, 2.75) is 77.9 Å². The van der Waals surface area contributed by atoms with Gasteiger partial charge in [-0.25, -0.2) is 9.78 Å². The van der Waals surface area contributed by atoms with Crippen LogP contribution in [0, 0.1) is 13.8 Å². The van der Waals surface area contributed by atoms with E-state index < -0.39 is 0 Å². The zero-order valence-electron chi connectivity index (χ0n) is 27.0. The van der Waals surface area contributed by atoms with Gasteiger partial charge in [0.05, 0.1) is 11.3 Å². The number of hydrogen-bond donors (Lipinski definition) is 1. The first-order chi connectivity index (χ1) is 22.3. The minimum absolute atomic E-state index is 0.0438. The SMILES string of the molecule is Cc1cc(Cl)nc(C)c1C(=O)NCCC(C)N1CCC(N(Cc2ccccc2)C(=O)N=C2COC=C(CC3=CC=CCC3)O2)CC1. The average Bonchev–Trinajstić information content (AvgIpc) is 3.04. The topological polar surface area (TPSA) is 96.4 Å². The number of ether oxygens (including phenoxy) is 2. The van der Waals surface area contributed by atoms with Crippen LogP contribution in [0.2, 0.25) is 5.15 Å². The van der Waals surface area contributed by atoms with Crippen molar-refractivity contribution in [1.29, 1.82) is 0 Å².